The Morgan fingerprint density at radius 1 is 1.12 bits per heavy atom. The van der Waals surface area contributed by atoms with Crippen LogP contribution in [0.15, 0.2) is 48.8 Å². The fourth-order valence-corrected chi connectivity index (χ4v) is 5.94. The molecule has 1 saturated carbocycles. The van der Waals surface area contributed by atoms with Gasteiger partial charge in [-0.1, -0.05) is 49.1 Å². The van der Waals surface area contributed by atoms with Crippen LogP contribution in [0.2, 0.25) is 0 Å². The summed E-state index contributed by atoms with van der Waals surface area (Å²) in [4.78, 5) is 18.1. The molecule has 5 nitrogen and oxygen atoms in total. The van der Waals surface area contributed by atoms with Crippen molar-refractivity contribution in [2.24, 2.45) is 5.92 Å². The van der Waals surface area contributed by atoms with E-state index in [1.165, 1.54) is 54.3 Å². The lowest BCUT2D eigenvalue weighted by Crippen LogP contribution is -2.43. The molecule has 1 aliphatic heterocycles. The van der Waals surface area contributed by atoms with Gasteiger partial charge in [-0.2, -0.15) is 0 Å². The number of carbonyl (C=O) groups is 1. The number of piperidine rings is 1. The number of pyridine rings is 1. The molecule has 5 rings (SSSR count). The van der Waals surface area contributed by atoms with Gasteiger partial charge < -0.3 is 15.2 Å². The fourth-order valence-electron chi connectivity index (χ4n) is 5.94. The normalized spacial score (nSPS) is 18.7. The summed E-state index contributed by atoms with van der Waals surface area (Å²) in [5.74, 6) is 0.868. The van der Waals surface area contributed by atoms with E-state index in [0.717, 1.165) is 43.9 Å². The Balaban J connectivity index is 1.47. The standard InChI is InChI=1S/C29H38N4O/c1-21-7-5-10-23(17-21)25(18-28(34)32-24-12-15-30-16-13-24)26-20-33(19-22-8-3-2-4-9-22)27-11-6-14-31-29(26)27/h5-7,10-11,14,17,20,22,24-25,30H,2-4,8-9,12-13,15-16,18-19H2,1H3,(H,32,34). The van der Waals surface area contributed by atoms with E-state index < -0.39 is 0 Å². The Morgan fingerprint density at radius 2 is 1.94 bits per heavy atom. The molecule has 3 aromatic rings. The minimum atomic E-state index is -0.00776. The number of rotatable bonds is 7. The zero-order chi connectivity index (χ0) is 23.3. The molecule has 34 heavy (non-hydrogen) atoms. The fraction of sp³-hybridized carbons (Fsp3) is 0.517. The highest BCUT2D eigenvalue weighted by Crippen LogP contribution is 2.35. The molecule has 2 aromatic heterocycles. The summed E-state index contributed by atoms with van der Waals surface area (Å²) in [6.45, 7) is 5.12. The smallest absolute Gasteiger partial charge is 0.221 e. The molecule has 180 valence electrons. The SMILES string of the molecule is Cc1cccc(C(CC(=O)NC2CCNCC2)c2cn(CC3CCCCC3)c3cccnc23)c1. The van der Waals surface area contributed by atoms with Gasteiger partial charge in [-0.15, -0.1) is 0 Å². The lowest BCUT2D eigenvalue weighted by atomic mass is 9.88. The summed E-state index contributed by atoms with van der Waals surface area (Å²) < 4.78 is 2.42. The van der Waals surface area contributed by atoms with E-state index in [9.17, 15) is 4.79 Å². The maximum Gasteiger partial charge on any atom is 0.221 e. The lowest BCUT2D eigenvalue weighted by molar-refractivity contribution is -0.122. The molecule has 1 saturated heterocycles. The van der Waals surface area contributed by atoms with Crippen molar-refractivity contribution in [3.63, 3.8) is 0 Å². The van der Waals surface area contributed by atoms with Gasteiger partial charge in [-0.3, -0.25) is 9.78 Å². The van der Waals surface area contributed by atoms with Gasteiger partial charge in [-0.05, 0) is 69.3 Å². The predicted octanol–water partition coefficient (Wildman–Crippen LogP) is 5.32. The molecular weight excluding hydrogens is 420 g/mol. The molecule has 2 aliphatic rings. The third kappa shape index (κ3) is 5.35. The molecule has 1 unspecified atom stereocenters. The molecule has 0 radical (unpaired) electrons. The van der Waals surface area contributed by atoms with Gasteiger partial charge in [0.1, 0.15) is 0 Å². The van der Waals surface area contributed by atoms with Gasteiger partial charge in [-0.25, -0.2) is 0 Å². The number of nitrogens with one attached hydrogen (secondary N) is 2. The van der Waals surface area contributed by atoms with Crippen molar-refractivity contribution in [2.75, 3.05) is 13.1 Å². The highest BCUT2D eigenvalue weighted by Gasteiger charge is 2.26. The molecule has 1 amide bonds. The first-order valence-electron chi connectivity index (χ1n) is 13.2. The van der Waals surface area contributed by atoms with Crippen LogP contribution >= 0.6 is 0 Å². The summed E-state index contributed by atoms with van der Waals surface area (Å²) in [6, 6.07) is 13.1. The van der Waals surface area contributed by atoms with Crippen LogP contribution in [0.1, 0.15) is 74.0 Å². The molecule has 5 heteroatoms. The molecule has 2 fully saturated rings. The first-order valence-corrected chi connectivity index (χ1v) is 13.2. The van der Waals surface area contributed by atoms with Gasteiger partial charge in [0.25, 0.3) is 0 Å². The van der Waals surface area contributed by atoms with Gasteiger partial charge in [0.15, 0.2) is 0 Å². The second-order valence-electron chi connectivity index (χ2n) is 10.4. The van der Waals surface area contributed by atoms with Crippen molar-refractivity contribution in [3.8, 4) is 0 Å². The number of amides is 1. The molecule has 2 N–H and O–H groups in total. The molecule has 0 spiro atoms. The third-order valence-corrected chi connectivity index (χ3v) is 7.76. The maximum atomic E-state index is 13.3. The second kappa shape index (κ2) is 10.7. The molecular formula is C29H38N4O. The van der Waals surface area contributed by atoms with Crippen LogP contribution in [0.4, 0.5) is 0 Å². The average molecular weight is 459 g/mol. The molecule has 0 bridgehead atoms. The second-order valence-corrected chi connectivity index (χ2v) is 10.4. The first kappa shape index (κ1) is 23.1. The van der Waals surface area contributed by atoms with Crippen molar-refractivity contribution in [1.29, 1.82) is 0 Å². The molecule has 1 atom stereocenters. The Morgan fingerprint density at radius 3 is 2.74 bits per heavy atom. The minimum Gasteiger partial charge on any atom is -0.353 e. The number of aryl methyl sites for hydroxylation is 1. The zero-order valence-corrected chi connectivity index (χ0v) is 20.4. The quantitative estimate of drug-likeness (QED) is 0.504. The average Bonchev–Trinajstić information content (AvgIpc) is 3.22. The largest absolute Gasteiger partial charge is 0.353 e. The number of fused-ring (bicyclic) bond motifs is 1. The summed E-state index contributed by atoms with van der Waals surface area (Å²) in [6.07, 6.45) is 13.3. The lowest BCUT2D eigenvalue weighted by Gasteiger charge is -2.25. The Hall–Kier alpha value is -2.66. The predicted molar refractivity (Wildman–Crippen MR) is 138 cm³/mol. The van der Waals surface area contributed by atoms with E-state index in [1.54, 1.807) is 0 Å². The van der Waals surface area contributed by atoms with Gasteiger partial charge >= 0.3 is 0 Å². The van der Waals surface area contributed by atoms with Crippen molar-refractivity contribution in [1.82, 2.24) is 20.2 Å². The highest BCUT2D eigenvalue weighted by molar-refractivity contribution is 5.83. The van der Waals surface area contributed by atoms with E-state index >= 15 is 0 Å². The van der Waals surface area contributed by atoms with Crippen molar-refractivity contribution >= 4 is 16.9 Å². The highest BCUT2D eigenvalue weighted by atomic mass is 16.1. The minimum absolute atomic E-state index is 0.00776. The summed E-state index contributed by atoms with van der Waals surface area (Å²) in [5, 5.41) is 6.70. The number of hydrogen-bond acceptors (Lipinski definition) is 3. The van der Waals surface area contributed by atoms with Gasteiger partial charge in [0.05, 0.1) is 11.0 Å². The first-order chi connectivity index (χ1) is 16.7. The number of nitrogens with zero attached hydrogens (tertiary/aromatic N) is 2. The summed E-state index contributed by atoms with van der Waals surface area (Å²) in [7, 11) is 0. The van der Waals surface area contributed by atoms with E-state index in [2.05, 4.69) is 58.7 Å². The van der Waals surface area contributed by atoms with Crippen LogP contribution in [0.5, 0.6) is 0 Å². The van der Waals surface area contributed by atoms with E-state index in [-0.39, 0.29) is 17.9 Å². The zero-order valence-electron chi connectivity index (χ0n) is 20.4. The number of aromatic nitrogens is 2. The van der Waals surface area contributed by atoms with E-state index in [4.69, 9.17) is 4.98 Å². The Bertz CT molecular complexity index is 1110. The van der Waals surface area contributed by atoms with Crippen molar-refractivity contribution in [3.05, 3.63) is 65.5 Å². The van der Waals surface area contributed by atoms with Crippen LogP contribution in [0, 0.1) is 12.8 Å². The van der Waals surface area contributed by atoms with Crippen LogP contribution in [-0.2, 0) is 11.3 Å². The summed E-state index contributed by atoms with van der Waals surface area (Å²) >= 11 is 0. The van der Waals surface area contributed by atoms with Crippen LogP contribution in [0.3, 0.4) is 0 Å². The number of benzene rings is 1. The van der Waals surface area contributed by atoms with Crippen LogP contribution in [-0.4, -0.2) is 34.6 Å². The molecule has 3 heterocycles. The van der Waals surface area contributed by atoms with Crippen LogP contribution in [0.25, 0.3) is 11.0 Å². The Labute approximate surface area is 203 Å². The molecule has 1 aliphatic carbocycles. The number of hydrogen-bond donors (Lipinski definition) is 2. The van der Waals surface area contributed by atoms with Crippen molar-refractivity contribution < 1.29 is 4.79 Å². The van der Waals surface area contributed by atoms with E-state index in [1.807, 2.05) is 12.3 Å². The van der Waals surface area contributed by atoms with E-state index in [0.29, 0.717) is 6.42 Å². The Kier molecular flexibility index (Phi) is 7.29. The van der Waals surface area contributed by atoms with Gasteiger partial charge in [0, 0.05) is 42.9 Å². The van der Waals surface area contributed by atoms with Crippen molar-refractivity contribution in [2.45, 2.75) is 76.8 Å². The number of carbonyl (C=O) groups excluding carboxylic acids is 1. The maximum absolute atomic E-state index is 13.3. The summed E-state index contributed by atoms with van der Waals surface area (Å²) in [5.41, 5.74) is 5.83. The van der Waals surface area contributed by atoms with Crippen LogP contribution < -0.4 is 10.6 Å². The third-order valence-electron chi connectivity index (χ3n) is 7.76. The molecule has 1 aromatic carbocycles. The van der Waals surface area contributed by atoms with Gasteiger partial charge in [0.2, 0.25) is 5.91 Å². The monoisotopic (exact) mass is 458 g/mol. The topological polar surface area (TPSA) is 59.0 Å².